The SMILES string of the molecule is COc1c(OCCCCN2CCCC2)cc(O)c2c(=O)cc(-c3ccccc3)oc12. The highest BCUT2D eigenvalue weighted by atomic mass is 16.5. The molecule has 1 aliphatic rings. The van der Waals surface area contributed by atoms with Gasteiger partial charge < -0.3 is 23.9 Å². The average Bonchev–Trinajstić information content (AvgIpc) is 3.27. The van der Waals surface area contributed by atoms with Crippen molar-refractivity contribution in [1.29, 1.82) is 0 Å². The van der Waals surface area contributed by atoms with Crippen LogP contribution in [0.3, 0.4) is 0 Å². The molecule has 0 atom stereocenters. The van der Waals surface area contributed by atoms with Crippen LogP contribution in [-0.2, 0) is 0 Å². The van der Waals surface area contributed by atoms with E-state index < -0.39 is 0 Å². The van der Waals surface area contributed by atoms with E-state index in [0.717, 1.165) is 24.9 Å². The molecular weight excluding hydrogens is 382 g/mol. The lowest BCUT2D eigenvalue weighted by molar-refractivity contribution is 0.267. The lowest BCUT2D eigenvalue weighted by Crippen LogP contribution is -2.20. The van der Waals surface area contributed by atoms with Gasteiger partial charge in [0.25, 0.3) is 0 Å². The molecule has 1 fully saturated rings. The molecule has 6 nitrogen and oxygen atoms in total. The second-order valence-corrected chi connectivity index (χ2v) is 7.58. The number of aromatic hydroxyl groups is 1. The van der Waals surface area contributed by atoms with E-state index in [0.29, 0.717) is 23.9 Å². The zero-order valence-electron chi connectivity index (χ0n) is 17.2. The quantitative estimate of drug-likeness (QED) is 0.555. The van der Waals surface area contributed by atoms with E-state index in [1.165, 1.54) is 45.2 Å². The molecule has 2 aromatic carbocycles. The number of hydrogen-bond acceptors (Lipinski definition) is 6. The van der Waals surface area contributed by atoms with Crippen molar-refractivity contribution in [1.82, 2.24) is 4.90 Å². The summed E-state index contributed by atoms with van der Waals surface area (Å²) in [6, 6.07) is 12.2. The number of unbranched alkanes of at least 4 members (excludes halogenated alkanes) is 1. The second-order valence-electron chi connectivity index (χ2n) is 7.58. The molecule has 30 heavy (non-hydrogen) atoms. The molecule has 3 aromatic rings. The number of rotatable bonds is 8. The topological polar surface area (TPSA) is 72.1 Å². The zero-order chi connectivity index (χ0) is 20.9. The summed E-state index contributed by atoms with van der Waals surface area (Å²) in [7, 11) is 1.50. The Kier molecular flexibility index (Phi) is 6.23. The average molecular weight is 409 g/mol. The van der Waals surface area contributed by atoms with Crippen LogP contribution >= 0.6 is 0 Å². The van der Waals surface area contributed by atoms with Crippen molar-refractivity contribution in [3.05, 3.63) is 52.7 Å². The number of ether oxygens (including phenoxy) is 2. The van der Waals surface area contributed by atoms with E-state index in [9.17, 15) is 9.90 Å². The van der Waals surface area contributed by atoms with E-state index in [1.54, 1.807) is 0 Å². The van der Waals surface area contributed by atoms with Crippen molar-refractivity contribution in [2.45, 2.75) is 25.7 Å². The van der Waals surface area contributed by atoms with Crippen molar-refractivity contribution < 1.29 is 19.0 Å². The van der Waals surface area contributed by atoms with E-state index in [1.807, 2.05) is 30.3 Å². The third-order valence-electron chi connectivity index (χ3n) is 5.49. The molecule has 6 heteroatoms. The lowest BCUT2D eigenvalue weighted by atomic mass is 10.1. The van der Waals surface area contributed by atoms with Gasteiger partial charge in [-0.2, -0.15) is 0 Å². The molecule has 0 saturated carbocycles. The molecule has 0 aliphatic carbocycles. The molecule has 0 amide bonds. The maximum atomic E-state index is 12.7. The van der Waals surface area contributed by atoms with Gasteiger partial charge in [0.1, 0.15) is 16.9 Å². The predicted octanol–water partition coefficient (Wildman–Crippen LogP) is 4.43. The van der Waals surface area contributed by atoms with Crippen molar-refractivity contribution in [3.8, 4) is 28.6 Å². The fourth-order valence-corrected chi connectivity index (χ4v) is 3.94. The van der Waals surface area contributed by atoms with Crippen LogP contribution in [0.1, 0.15) is 25.7 Å². The fraction of sp³-hybridized carbons (Fsp3) is 0.375. The van der Waals surface area contributed by atoms with Crippen LogP contribution in [0.5, 0.6) is 17.2 Å². The number of phenolic OH excluding ortho intramolecular Hbond substituents is 1. The predicted molar refractivity (Wildman–Crippen MR) is 117 cm³/mol. The van der Waals surface area contributed by atoms with Crippen LogP contribution in [0.25, 0.3) is 22.3 Å². The van der Waals surface area contributed by atoms with Crippen molar-refractivity contribution >= 4 is 11.0 Å². The first-order chi connectivity index (χ1) is 14.7. The van der Waals surface area contributed by atoms with Gasteiger partial charge in [-0.25, -0.2) is 0 Å². The number of methoxy groups -OCH3 is 1. The third kappa shape index (κ3) is 4.28. The van der Waals surface area contributed by atoms with Crippen molar-refractivity contribution in [2.24, 2.45) is 0 Å². The molecule has 4 rings (SSSR count). The van der Waals surface area contributed by atoms with Gasteiger partial charge in [0.15, 0.2) is 16.8 Å². The van der Waals surface area contributed by atoms with Gasteiger partial charge in [-0.15, -0.1) is 0 Å². The smallest absolute Gasteiger partial charge is 0.205 e. The van der Waals surface area contributed by atoms with Crippen LogP contribution in [0.4, 0.5) is 0 Å². The summed E-state index contributed by atoms with van der Waals surface area (Å²) >= 11 is 0. The van der Waals surface area contributed by atoms with Crippen LogP contribution in [-0.4, -0.2) is 43.4 Å². The molecule has 0 spiro atoms. The molecule has 158 valence electrons. The first kappa shape index (κ1) is 20.3. The van der Waals surface area contributed by atoms with E-state index in [-0.39, 0.29) is 22.1 Å². The van der Waals surface area contributed by atoms with Gasteiger partial charge in [-0.05, 0) is 45.3 Å². The minimum Gasteiger partial charge on any atom is -0.507 e. The summed E-state index contributed by atoms with van der Waals surface area (Å²) in [4.78, 5) is 15.2. The highest BCUT2D eigenvalue weighted by Gasteiger charge is 2.20. The standard InChI is InChI=1S/C24H27NO5/c1-28-23-21(29-14-8-7-13-25-11-5-6-12-25)16-19(27)22-18(26)15-20(30-24(22)23)17-9-3-2-4-10-17/h2-4,9-10,15-16,27H,5-8,11-14H2,1H3. The second kappa shape index (κ2) is 9.22. The Balaban J connectivity index is 1.58. The Morgan fingerprint density at radius 2 is 1.87 bits per heavy atom. The first-order valence-electron chi connectivity index (χ1n) is 10.5. The molecular formula is C24H27NO5. The molecule has 1 aromatic heterocycles. The number of benzene rings is 2. The van der Waals surface area contributed by atoms with Gasteiger partial charge in [-0.1, -0.05) is 30.3 Å². The maximum Gasteiger partial charge on any atom is 0.205 e. The van der Waals surface area contributed by atoms with E-state index in [4.69, 9.17) is 13.9 Å². The van der Waals surface area contributed by atoms with Crippen LogP contribution in [0.2, 0.25) is 0 Å². The van der Waals surface area contributed by atoms with Crippen LogP contribution < -0.4 is 14.9 Å². The summed E-state index contributed by atoms with van der Waals surface area (Å²) in [6.07, 6.45) is 4.53. The Morgan fingerprint density at radius 1 is 1.10 bits per heavy atom. The number of fused-ring (bicyclic) bond motifs is 1. The van der Waals surface area contributed by atoms with Gasteiger partial charge >= 0.3 is 0 Å². The molecule has 1 N–H and O–H groups in total. The van der Waals surface area contributed by atoms with Crippen LogP contribution in [0.15, 0.2) is 51.7 Å². The molecule has 1 aliphatic heterocycles. The number of nitrogens with zero attached hydrogens (tertiary/aromatic N) is 1. The maximum absolute atomic E-state index is 12.7. The highest BCUT2D eigenvalue weighted by molar-refractivity contribution is 5.91. The summed E-state index contributed by atoms with van der Waals surface area (Å²) in [5.74, 6) is 0.925. The number of hydrogen-bond donors (Lipinski definition) is 1. The number of phenols is 1. The summed E-state index contributed by atoms with van der Waals surface area (Å²) < 4.78 is 17.4. The normalized spacial score (nSPS) is 14.3. The Bertz CT molecular complexity index is 1050. The number of likely N-dealkylation sites (tertiary alicyclic amines) is 1. The Labute approximate surface area is 175 Å². The van der Waals surface area contributed by atoms with Crippen LogP contribution in [0, 0.1) is 0 Å². The lowest BCUT2D eigenvalue weighted by Gasteiger charge is -2.16. The summed E-state index contributed by atoms with van der Waals surface area (Å²) in [6.45, 7) is 3.96. The monoisotopic (exact) mass is 409 g/mol. The van der Waals surface area contributed by atoms with Crippen molar-refractivity contribution in [2.75, 3.05) is 33.4 Å². The molecule has 0 radical (unpaired) electrons. The summed E-state index contributed by atoms with van der Waals surface area (Å²) in [5, 5.41) is 10.5. The zero-order valence-corrected chi connectivity index (χ0v) is 17.2. The van der Waals surface area contributed by atoms with Gasteiger partial charge in [0.2, 0.25) is 5.75 Å². The molecule has 0 unspecified atom stereocenters. The van der Waals surface area contributed by atoms with E-state index >= 15 is 0 Å². The summed E-state index contributed by atoms with van der Waals surface area (Å²) in [5.41, 5.74) is 0.630. The minimum atomic E-state index is -0.330. The minimum absolute atomic E-state index is 0.0907. The largest absolute Gasteiger partial charge is 0.507 e. The molecule has 0 bridgehead atoms. The van der Waals surface area contributed by atoms with Gasteiger partial charge in [-0.3, -0.25) is 4.79 Å². The Hall–Kier alpha value is -2.99. The fourth-order valence-electron chi connectivity index (χ4n) is 3.94. The van der Waals surface area contributed by atoms with Gasteiger partial charge in [0.05, 0.1) is 13.7 Å². The Morgan fingerprint density at radius 3 is 2.60 bits per heavy atom. The first-order valence-corrected chi connectivity index (χ1v) is 10.5. The van der Waals surface area contributed by atoms with Gasteiger partial charge in [0, 0.05) is 17.7 Å². The highest BCUT2D eigenvalue weighted by Crippen LogP contribution is 2.41. The third-order valence-corrected chi connectivity index (χ3v) is 5.49. The molecule has 2 heterocycles. The van der Waals surface area contributed by atoms with Crippen molar-refractivity contribution in [3.63, 3.8) is 0 Å². The molecule has 1 saturated heterocycles. The van der Waals surface area contributed by atoms with E-state index in [2.05, 4.69) is 4.90 Å².